The van der Waals surface area contributed by atoms with Crippen LogP contribution in [-0.2, 0) is 4.79 Å². The highest BCUT2D eigenvalue weighted by atomic mass is 16.5. The first-order chi connectivity index (χ1) is 12.4. The smallest absolute Gasteiger partial charge is 0.260 e. The van der Waals surface area contributed by atoms with Crippen molar-refractivity contribution in [2.75, 3.05) is 13.7 Å². The van der Waals surface area contributed by atoms with E-state index in [-0.39, 0.29) is 12.5 Å². The van der Waals surface area contributed by atoms with Gasteiger partial charge in [0.25, 0.3) is 5.91 Å². The van der Waals surface area contributed by atoms with Crippen LogP contribution in [-0.4, -0.2) is 30.8 Å². The van der Waals surface area contributed by atoms with Gasteiger partial charge < -0.3 is 19.9 Å². The normalized spacial score (nSPS) is 13.2. The summed E-state index contributed by atoms with van der Waals surface area (Å²) in [7, 11) is 1.59. The summed E-state index contributed by atoms with van der Waals surface area (Å²) in [5.41, 5.74) is 1.77. The maximum absolute atomic E-state index is 12.3. The molecule has 0 saturated heterocycles. The fourth-order valence-corrected chi connectivity index (χ4v) is 2.59. The highest BCUT2D eigenvalue weighted by Gasteiger charge is 2.18. The Hall–Kier alpha value is -2.53. The van der Waals surface area contributed by atoms with Crippen LogP contribution in [0, 0.1) is 0 Å². The molecule has 1 amide bonds. The van der Waals surface area contributed by atoms with E-state index in [4.69, 9.17) is 9.47 Å². The Labute approximate surface area is 155 Å². The van der Waals surface area contributed by atoms with Crippen LogP contribution in [0.5, 0.6) is 11.5 Å². The third-order valence-electron chi connectivity index (χ3n) is 4.18. The molecule has 0 aliphatic carbocycles. The molecule has 2 N–H and O–H groups in total. The minimum Gasteiger partial charge on any atom is -0.497 e. The van der Waals surface area contributed by atoms with E-state index in [9.17, 15) is 9.90 Å². The summed E-state index contributed by atoms with van der Waals surface area (Å²) in [6.45, 7) is 5.98. The zero-order chi connectivity index (χ0) is 19.1. The number of aliphatic hydroxyl groups excluding tert-OH is 1. The lowest BCUT2D eigenvalue weighted by atomic mass is 10.0. The number of hydrogen-bond acceptors (Lipinski definition) is 4. The second-order valence-electron chi connectivity index (χ2n) is 6.49. The molecule has 5 nitrogen and oxygen atoms in total. The second kappa shape index (κ2) is 9.25. The summed E-state index contributed by atoms with van der Waals surface area (Å²) >= 11 is 0. The fourth-order valence-electron chi connectivity index (χ4n) is 2.59. The lowest BCUT2D eigenvalue weighted by molar-refractivity contribution is -0.127. The van der Waals surface area contributed by atoms with Crippen molar-refractivity contribution in [3.63, 3.8) is 0 Å². The largest absolute Gasteiger partial charge is 0.497 e. The molecule has 0 aromatic heterocycles. The van der Waals surface area contributed by atoms with Crippen molar-refractivity contribution in [3.8, 4) is 11.5 Å². The maximum atomic E-state index is 12.3. The van der Waals surface area contributed by atoms with Gasteiger partial charge in [0.05, 0.1) is 13.2 Å². The molecule has 2 aromatic rings. The van der Waals surface area contributed by atoms with Crippen LogP contribution in [0.1, 0.15) is 43.9 Å². The summed E-state index contributed by atoms with van der Waals surface area (Å²) in [5.74, 6) is 1.46. The molecule has 0 radical (unpaired) electrons. The van der Waals surface area contributed by atoms with E-state index < -0.39 is 12.2 Å². The summed E-state index contributed by atoms with van der Waals surface area (Å²) in [4.78, 5) is 12.3. The van der Waals surface area contributed by atoms with Crippen molar-refractivity contribution in [2.24, 2.45) is 0 Å². The molecule has 0 bridgehead atoms. The van der Waals surface area contributed by atoms with E-state index in [0.717, 1.165) is 11.3 Å². The predicted octanol–water partition coefficient (Wildman–Crippen LogP) is 3.44. The number of carbonyl (C=O) groups is 1. The molecule has 0 aliphatic rings. The highest BCUT2D eigenvalue weighted by Crippen LogP contribution is 2.26. The summed E-state index contributed by atoms with van der Waals surface area (Å²) < 4.78 is 10.9. The van der Waals surface area contributed by atoms with Crippen LogP contribution in [0.3, 0.4) is 0 Å². The van der Waals surface area contributed by atoms with Crippen LogP contribution in [0.4, 0.5) is 0 Å². The summed E-state index contributed by atoms with van der Waals surface area (Å²) in [6.07, 6.45) is -1.45. The quantitative estimate of drug-likeness (QED) is 0.759. The van der Waals surface area contributed by atoms with Crippen molar-refractivity contribution in [2.45, 2.75) is 38.9 Å². The van der Waals surface area contributed by atoms with Gasteiger partial charge in [-0.25, -0.2) is 0 Å². The Balaban J connectivity index is 1.90. The van der Waals surface area contributed by atoms with Crippen molar-refractivity contribution in [3.05, 3.63) is 59.7 Å². The molecular weight excluding hydrogens is 330 g/mol. The monoisotopic (exact) mass is 357 g/mol. The van der Waals surface area contributed by atoms with Crippen LogP contribution in [0.15, 0.2) is 48.5 Å². The number of para-hydroxylation sites is 1. The van der Waals surface area contributed by atoms with Crippen LogP contribution < -0.4 is 14.8 Å². The molecule has 2 aromatic carbocycles. The lowest BCUT2D eigenvalue weighted by Crippen LogP contribution is -2.38. The molecule has 0 aliphatic heterocycles. The van der Waals surface area contributed by atoms with Gasteiger partial charge in [0, 0.05) is 6.54 Å². The van der Waals surface area contributed by atoms with E-state index in [1.54, 1.807) is 38.3 Å². The van der Waals surface area contributed by atoms with Gasteiger partial charge in [-0.1, -0.05) is 44.2 Å². The lowest BCUT2D eigenvalue weighted by Gasteiger charge is -2.19. The standard InChI is InChI=1S/C21H27NO4/c1-14(2)18-7-5-6-8-20(18)26-15(3)21(24)22-13-19(23)16-9-11-17(25-4)12-10-16/h5-12,14-15,19,23H,13H2,1-4H3,(H,22,24). The molecule has 0 heterocycles. The zero-order valence-electron chi connectivity index (χ0n) is 15.7. The second-order valence-corrected chi connectivity index (χ2v) is 6.49. The van der Waals surface area contributed by atoms with Crippen molar-refractivity contribution < 1.29 is 19.4 Å². The molecule has 0 fully saturated rings. The molecule has 2 rings (SSSR count). The Morgan fingerprint density at radius 3 is 2.35 bits per heavy atom. The number of methoxy groups -OCH3 is 1. The number of carbonyl (C=O) groups excluding carboxylic acids is 1. The molecule has 2 atom stereocenters. The molecule has 0 spiro atoms. The molecular formula is C21H27NO4. The number of rotatable bonds is 8. The van der Waals surface area contributed by atoms with E-state index in [1.807, 2.05) is 24.3 Å². The van der Waals surface area contributed by atoms with Gasteiger partial charge in [0.15, 0.2) is 6.10 Å². The first-order valence-electron chi connectivity index (χ1n) is 8.77. The van der Waals surface area contributed by atoms with Crippen LogP contribution in [0.25, 0.3) is 0 Å². The van der Waals surface area contributed by atoms with Crippen LogP contribution in [0.2, 0.25) is 0 Å². The van der Waals surface area contributed by atoms with Gasteiger partial charge in [-0.15, -0.1) is 0 Å². The first kappa shape index (κ1) is 19.8. The van der Waals surface area contributed by atoms with Crippen molar-refractivity contribution in [1.82, 2.24) is 5.32 Å². The highest BCUT2D eigenvalue weighted by molar-refractivity contribution is 5.80. The predicted molar refractivity (Wildman–Crippen MR) is 102 cm³/mol. The van der Waals surface area contributed by atoms with Crippen molar-refractivity contribution >= 4 is 5.91 Å². The SMILES string of the molecule is COc1ccc(C(O)CNC(=O)C(C)Oc2ccccc2C(C)C)cc1. The number of hydrogen-bond donors (Lipinski definition) is 2. The van der Waals surface area contributed by atoms with E-state index in [2.05, 4.69) is 19.2 Å². The van der Waals surface area contributed by atoms with Crippen molar-refractivity contribution in [1.29, 1.82) is 0 Å². The van der Waals surface area contributed by atoms with E-state index >= 15 is 0 Å². The molecule has 2 unspecified atom stereocenters. The van der Waals surface area contributed by atoms with E-state index in [1.165, 1.54) is 0 Å². The number of nitrogens with one attached hydrogen (secondary N) is 1. The topological polar surface area (TPSA) is 67.8 Å². The van der Waals surface area contributed by atoms with Gasteiger partial charge in [-0.3, -0.25) is 4.79 Å². The van der Waals surface area contributed by atoms with Gasteiger partial charge in [0.2, 0.25) is 0 Å². The summed E-state index contributed by atoms with van der Waals surface area (Å²) in [5, 5.41) is 13.0. The van der Waals surface area contributed by atoms with Gasteiger partial charge >= 0.3 is 0 Å². The number of aliphatic hydroxyl groups is 1. The fraction of sp³-hybridized carbons (Fsp3) is 0.381. The number of amides is 1. The Morgan fingerprint density at radius 2 is 1.73 bits per heavy atom. The Morgan fingerprint density at radius 1 is 1.08 bits per heavy atom. The van der Waals surface area contributed by atoms with Gasteiger partial charge in [-0.05, 0) is 42.2 Å². The Bertz CT molecular complexity index is 712. The molecule has 5 heteroatoms. The minimum atomic E-state index is -0.792. The minimum absolute atomic E-state index is 0.116. The molecule has 26 heavy (non-hydrogen) atoms. The third-order valence-corrected chi connectivity index (χ3v) is 4.18. The maximum Gasteiger partial charge on any atom is 0.260 e. The molecule has 0 saturated carbocycles. The molecule has 140 valence electrons. The average Bonchev–Trinajstić information content (AvgIpc) is 2.66. The van der Waals surface area contributed by atoms with E-state index in [0.29, 0.717) is 17.2 Å². The first-order valence-corrected chi connectivity index (χ1v) is 8.77. The number of ether oxygens (including phenoxy) is 2. The summed E-state index contributed by atoms with van der Waals surface area (Å²) in [6, 6.07) is 14.8. The zero-order valence-corrected chi connectivity index (χ0v) is 15.7. The number of benzene rings is 2. The Kier molecular flexibility index (Phi) is 7.04. The average molecular weight is 357 g/mol. The van der Waals surface area contributed by atoms with Gasteiger partial charge in [0.1, 0.15) is 11.5 Å². The van der Waals surface area contributed by atoms with Gasteiger partial charge in [-0.2, -0.15) is 0 Å². The third kappa shape index (κ3) is 5.23. The van der Waals surface area contributed by atoms with Crippen LogP contribution >= 0.6 is 0 Å².